The zero-order valence-corrected chi connectivity index (χ0v) is 34.5. The van der Waals surface area contributed by atoms with Gasteiger partial charge in [-0.2, -0.15) is 0 Å². The van der Waals surface area contributed by atoms with Gasteiger partial charge in [0.2, 0.25) is 0 Å². The molecule has 8 aromatic rings. The van der Waals surface area contributed by atoms with Crippen LogP contribution in [0.3, 0.4) is 0 Å². The van der Waals surface area contributed by atoms with Gasteiger partial charge in [-0.1, -0.05) is 243 Å². The molecule has 0 N–H and O–H groups in total. The summed E-state index contributed by atoms with van der Waals surface area (Å²) >= 11 is 0. The van der Waals surface area contributed by atoms with E-state index in [1.165, 1.54) is 56.1 Å². The summed E-state index contributed by atoms with van der Waals surface area (Å²) in [7, 11) is -0.892. The zero-order chi connectivity index (χ0) is 39.2. The number of carbonyl (C=O) groups is 2. The van der Waals surface area contributed by atoms with E-state index in [4.69, 9.17) is 0 Å². The Balaban J connectivity index is 0.000000178. The maximum Gasteiger partial charge on any atom is 2.00 e. The van der Waals surface area contributed by atoms with Crippen LogP contribution in [-0.2, 0) is 19.5 Å². The summed E-state index contributed by atoms with van der Waals surface area (Å²) in [5.74, 6) is -2.26. The van der Waals surface area contributed by atoms with Crippen molar-refractivity contribution in [1.82, 2.24) is 0 Å². The monoisotopic (exact) mass is 868 g/mol. The quantitative estimate of drug-likeness (QED) is 0.122. The molecule has 8 aromatic carbocycles. The van der Waals surface area contributed by atoms with Crippen LogP contribution in [0.4, 0.5) is 0 Å². The van der Waals surface area contributed by atoms with Crippen LogP contribution in [-0.4, -0.2) is 11.9 Å². The molecule has 0 saturated heterocycles. The summed E-state index contributed by atoms with van der Waals surface area (Å²) in [4.78, 5) is 20.2. The second-order valence-corrected chi connectivity index (χ2v) is 16.4. The number of carbonyl (C=O) groups excluding carboxylic acids is 2. The predicted octanol–water partition coefficient (Wildman–Crippen LogP) is 6.99. The van der Waals surface area contributed by atoms with E-state index < -0.39 is 27.8 Å². The predicted molar refractivity (Wildman–Crippen MR) is 232 cm³/mol. The second-order valence-electron chi connectivity index (χ2n) is 12.0. The van der Waals surface area contributed by atoms with Crippen LogP contribution in [0, 0.1) is 0 Å². The van der Waals surface area contributed by atoms with E-state index in [2.05, 4.69) is 182 Å². The average Bonchev–Trinajstić information content (AvgIpc) is 3.27. The Morgan fingerprint density at radius 1 is 0.263 bits per heavy atom. The van der Waals surface area contributed by atoms with E-state index in [0.29, 0.717) is 0 Å². The minimum absolute atomic E-state index is 0. The Hall–Kier alpha value is -5.82. The first-order chi connectivity index (χ1) is 27.5. The minimum Gasteiger partial charge on any atom is -0.545 e. The summed E-state index contributed by atoms with van der Waals surface area (Å²) in [5, 5.41) is 28.6. The molecule has 0 aliphatic carbocycles. The van der Waals surface area contributed by atoms with Crippen LogP contribution in [0.5, 0.6) is 0 Å². The number of hydrogen-bond acceptors (Lipinski definition) is 4. The van der Waals surface area contributed by atoms with Crippen molar-refractivity contribution >= 4 is 59.6 Å². The third kappa shape index (κ3) is 14.3. The van der Waals surface area contributed by atoms with Crippen molar-refractivity contribution in [3.05, 3.63) is 254 Å². The molecule has 0 saturated carbocycles. The van der Waals surface area contributed by atoms with E-state index in [-0.39, 0.29) is 30.6 Å². The van der Waals surface area contributed by atoms with Gasteiger partial charge in [-0.3, -0.25) is 0 Å². The first kappa shape index (κ1) is 43.9. The van der Waals surface area contributed by atoms with Gasteiger partial charge in [-0.15, -0.1) is 0 Å². The van der Waals surface area contributed by atoms with Gasteiger partial charge in [-0.05, 0) is 58.8 Å². The number of rotatable bonds is 8. The molecule has 7 heteroatoms. The van der Waals surface area contributed by atoms with E-state index in [1.807, 2.05) is 0 Å². The molecule has 0 fully saturated rings. The standard InChI is InChI=1S/2C18H15P.2C7H6O2.Ru/c2*1-4-10-16(11-5-1)19(17-12-6-2-7-13-17)18-14-8-3-9-15-18;2*8-7(9)6-4-2-1-3-5-6;/h2*1-15H;2*1-5H,(H,8,9);/q;;;;+2/p-2. The van der Waals surface area contributed by atoms with E-state index in [9.17, 15) is 19.8 Å². The largest absolute Gasteiger partial charge is 2.00 e. The van der Waals surface area contributed by atoms with Crippen molar-refractivity contribution in [2.24, 2.45) is 0 Å². The van der Waals surface area contributed by atoms with Crippen LogP contribution in [0.25, 0.3) is 0 Å². The maximum atomic E-state index is 10.1. The van der Waals surface area contributed by atoms with Crippen molar-refractivity contribution in [2.45, 2.75) is 0 Å². The molecule has 0 radical (unpaired) electrons. The summed E-state index contributed by atoms with van der Waals surface area (Å²) in [5.41, 5.74) is 0.440. The Morgan fingerprint density at radius 2 is 0.404 bits per heavy atom. The van der Waals surface area contributed by atoms with Gasteiger partial charge in [0.05, 0.1) is 11.9 Å². The van der Waals surface area contributed by atoms with Gasteiger partial charge in [0.25, 0.3) is 0 Å². The number of hydrogen-bond donors (Lipinski definition) is 0. The molecule has 8 rings (SSSR count). The first-order valence-corrected chi connectivity index (χ1v) is 20.6. The van der Waals surface area contributed by atoms with Crippen molar-refractivity contribution in [3.63, 3.8) is 0 Å². The summed E-state index contributed by atoms with van der Waals surface area (Å²) in [6, 6.07) is 80.8. The van der Waals surface area contributed by atoms with Crippen molar-refractivity contribution in [3.8, 4) is 0 Å². The van der Waals surface area contributed by atoms with Gasteiger partial charge in [-0.25, -0.2) is 0 Å². The molecule has 4 nitrogen and oxygen atoms in total. The SMILES string of the molecule is O=C([O-])c1ccccc1.O=C([O-])c1ccccc1.[Ru+2].c1ccc(P(c2ccccc2)c2ccccc2)cc1.c1ccc(P(c2ccccc2)c2ccccc2)cc1. The Bertz CT molecular complexity index is 1930. The molecule has 0 aliphatic heterocycles. The number of aromatic carboxylic acids is 2. The smallest absolute Gasteiger partial charge is 0.545 e. The second kappa shape index (κ2) is 24.6. The minimum atomic E-state index is -1.13. The molecule has 57 heavy (non-hydrogen) atoms. The van der Waals surface area contributed by atoms with Crippen LogP contribution in [0.15, 0.2) is 243 Å². The molecule has 0 bridgehead atoms. The van der Waals surface area contributed by atoms with E-state index in [1.54, 1.807) is 36.4 Å². The molecule has 282 valence electrons. The van der Waals surface area contributed by atoms with Gasteiger partial charge in [0.15, 0.2) is 0 Å². The zero-order valence-electron chi connectivity index (χ0n) is 31.0. The summed E-state index contributed by atoms with van der Waals surface area (Å²) < 4.78 is 0. The molecule has 0 aliphatic rings. The molecule has 0 spiro atoms. The number of carboxylic acids is 2. The fraction of sp³-hybridized carbons (Fsp3) is 0. The third-order valence-electron chi connectivity index (χ3n) is 8.11. The van der Waals surface area contributed by atoms with E-state index in [0.717, 1.165) is 0 Å². The molecular weight excluding hydrogens is 828 g/mol. The van der Waals surface area contributed by atoms with Crippen LogP contribution in [0.1, 0.15) is 20.7 Å². The molecule has 0 aromatic heterocycles. The number of benzene rings is 8. The molecular formula is C50H40O4P2Ru. The van der Waals surface area contributed by atoms with Crippen molar-refractivity contribution in [1.29, 1.82) is 0 Å². The van der Waals surface area contributed by atoms with Gasteiger partial charge in [0.1, 0.15) is 0 Å². The van der Waals surface area contributed by atoms with Crippen molar-refractivity contribution < 1.29 is 39.3 Å². The van der Waals surface area contributed by atoms with Crippen LogP contribution < -0.4 is 42.0 Å². The number of carboxylic acid groups (broad SMARTS) is 2. The normalized spacial score (nSPS) is 9.86. The Labute approximate surface area is 350 Å². The molecule has 0 amide bonds. The van der Waals surface area contributed by atoms with Crippen LogP contribution >= 0.6 is 15.8 Å². The molecule has 0 atom stereocenters. The average molecular weight is 868 g/mol. The van der Waals surface area contributed by atoms with Crippen LogP contribution in [0.2, 0.25) is 0 Å². The summed E-state index contributed by atoms with van der Waals surface area (Å²) in [6.45, 7) is 0. The van der Waals surface area contributed by atoms with Gasteiger partial charge >= 0.3 is 19.5 Å². The third-order valence-corrected chi connectivity index (χ3v) is 13.0. The fourth-order valence-electron chi connectivity index (χ4n) is 5.51. The molecule has 0 unspecified atom stereocenters. The van der Waals surface area contributed by atoms with Gasteiger partial charge < -0.3 is 19.8 Å². The van der Waals surface area contributed by atoms with Gasteiger partial charge in [0, 0.05) is 0 Å². The molecule has 0 heterocycles. The van der Waals surface area contributed by atoms with E-state index >= 15 is 0 Å². The fourth-order valence-corrected chi connectivity index (χ4v) is 10.1. The van der Waals surface area contributed by atoms with Crippen molar-refractivity contribution in [2.75, 3.05) is 0 Å². The Kier molecular flexibility index (Phi) is 19.0. The first-order valence-electron chi connectivity index (χ1n) is 17.9. The maximum absolute atomic E-state index is 10.1. The topological polar surface area (TPSA) is 80.3 Å². The summed E-state index contributed by atoms with van der Waals surface area (Å²) in [6.07, 6.45) is 0. The Morgan fingerprint density at radius 3 is 0.526 bits per heavy atom.